The Morgan fingerprint density at radius 2 is 0.809 bits per heavy atom. The van der Waals surface area contributed by atoms with Gasteiger partial charge in [-0.05, 0) is 12.1 Å². The number of aromatic nitrogens is 6. The Labute approximate surface area is 259 Å². The predicted molar refractivity (Wildman–Crippen MR) is 144 cm³/mol. The summed E-state index contributed by atoms with van der Waals surface area (Å²) in [6.07, 6.45) is 5.64. The maximum Gasteiger partial charge on any atom is 0.200 e. The van der Waals surface area contributed by atoms with E-state index >= 15 is 0 Å². The van der Waals surface area contributed by atoms with Crippen molar-refractivity contribution in [3.05, 3.63) is 106 Å². The Hall–Kier alpha value is -4.76. The molecule has 0 amide bonds. The van der Waals surface area contributed by atoms with Crippen LogP contribution in [0.15, 0.2) is 47.2 Å². The zero-order valence-corrected chi connectivity index (χ0v) is 24.2. The molecule has 0 bridgehead atoms. The molecule has 0 aliphatic rings. The van der Waals surface area contributed by atoms with E-state index < -0.39 is 102 Å². The Morgan fingerprint density at radius 1 is 0.511 bits per heavy atom. The number of H-pyrrole nitrogens is 2. The third-order valence-electron chi connectivity index (χ3n) is 6.11. The fraction of sp³-hybridized carbons (Fsp3) is 0.0769. The second-order valence-electron chi connectivity index (χ2n) is 8.95. The number of fused-ring (bicyclic) bond motifs is 2. The monoisotopic (exact) mass is 712 g/mol. The molecule has 4 aromatic heterocycles. The average molecular weight is 713 g/mol. The molecule has 0 saturated carbocycles. The highest BCUT2D eigenvalue weighted by atomic mass is 32.2. The maximum atomic E-state index is 13.6. The number of aromatic amines is 2. The lowest BCUT2D eigenvalue weighted by Crippen LogP contribution is -2.10. The van der Waals surface area contributed by atoms with Gasteiger partial charge in [0.1, 0.15) is 0 Å². The van der Waals surface area contributed by atoms with Crippen LogP contribution in [0, 0.1) is 58.2 Å². The largest absolute Gasteiger partial charge is 0.412 e. The number of halogens is 10. The summed E-state index contributed by atoms with van der Waals surface area (Å²) in [6, 6.07) is 3.01. The third kappa shape index (κ3) is 6.72. The van der Waals surface area contributed by atoms with E-state index in [0.717, 1.165) is 0 Å². The summed E-state index contributed by atoms with van der Waals surface area (Å²) in [7, 11) is -4.28. The van der Waals surface area contributed by atoms with Gasteiger partial charge in [-0.15, -0.1) is 0 Å². The number of rotatable bonds is 6. The van der Waals surface area contributed by atoms with E-state index in [-0.39, 0.29) is 15.8 Å². The number of nitrogens with one attached hydrogen (secondary N) is 2. The zero-order chi connectivity index (χ0) is 33.4. The Balaban J connectivity index is 0.000000208. The van der Waals surface area contributed by atoms with Crippen molar-refractivity contribution in [3.63, 3.8) is 0 Å². The SMILES string of the molecule is O.O=S(Cc1c(F)c(F)c(F)c(F)c1F)c1nc2ccncc2[nH]1.O=S(Cc1c(F)c(F)c(F)c(F)c1F)c1nc2ccncc2[nH]1. The van der Waals surface area contributed by atoms with Crippen LogP contribution in [-0.4, -0.2) is 43.8 Å². The second kappa shape index (κ2) is 13.9. The Bertz CT molecular complexity index is 1920. The van der Waals surface area contributed by atoms with Crippen molar-refractivity contribution >= 4 is 43.7 Å². The first kappa shape index (κ1) is 35.1. The van der Waals surface area contributed by atoms with Gasteiger partial charge in [-0.3, -0.25) is 18.4 Å². The average Bonchev–Trinajstić information content (AvgIpc) is 3.70. The fourth-order valence-corrected chi connectivity index (χ4v) is 5.99. The molecule has 47 heavy (non-hydrogen) atoms. The first-order chi connectivity index (χ1) is 21.8. The van der Waals surface area contributed by atoms with Crippen LogP contribution in [0.25, 0.3) is 22.1 Å². The second-order valence-corrected chi connectivity index (χ2v) is 11.7. The van der Waals surface area contributed by atoms with E-state index in [9.17, 15) is 52.3 Å². The number of imidazole rings is 2. The number of hydrogen-bond acceptors (Lipinski definition) is 6. The van der Waals surface area contributed by atoms with Gasteiger partial charge in [0.05, 0.1) is 67.6 Å². The number of nitrogens with zero attached hydrogens (tertiary/aromatic N) is 4. The Kier molecular flexibility index (Phi) is 10.4. The fourth-order valence-electron chi connectivity index (χ4n) is 3.84. The molecule has 9 nitrogen and oxygen atoms in total. The molecule has 2 unspecified atom stereocenters. The van der Waals surface area contributed by atoms with Gasteiger partial charge in [0, 0.05) is 23.5 Å². The molecule has 248 valence electrons. The molecule has 2 atom stereocenters. The van der Waals surface area contributed by atoms with Crippen molar-refractivity contribution in [2.75, 3.05) is 0 Å². The van der Waals surface area contributed by atoms with Gasteiger partial charge in [-0.25, -0.2) is 53.9 Å². The molecule has 6 rings (SSSR count). The first-order valence-corrected chi connectivity index (χ1v) is 14.8. The lowest BCUT2D eigenvalue weighted by Gasteiger charge is -2.07. The van der Waals surface area contributed by atoms with E-state index in [4.69, 9.17) is 0 Å². The van der Waals surface area contributed by atoms with Crippen LogP contribution in [0.2, 0.25) is 0 Å². The van der Waals surface area contributed by atoms with E-state index in [1.807, 2.05) is 0 Å². The van der Waals surface area contributed by atoms with Gasteiger partial charge in [0.2, 0.25) is 11.6 Å². The molecule has 6 aromatic rings. The topological polar surface area (TPSA) is 149 Å². The zero-order valence-electron chi connectivity index (χ0n) is 22.6. The van der Waals surface area contributed by atoms with Crippen molar-refractivity contribution in [3.8, 4) is 0 Å². The highest BCUT2D eigenvalue weighted by Crippen LogP contribution is 2.27. The van der Waals surface area contributed by atoms with Crippen LogP contribution >= 0.6 is 0 Å². The molecule has 0 radical (unpaired) electrons. The van der Waals surface area contributed by atoms with Gasteiger partial charge in [0.15, 0.2) is 56.9 Å². The van der Waals surface area contributed by atoms with Crippen molar-refractivity contribution < 1.29 is 57.8 Å². The molecule has 0 fully saturated rings. The van der Waals surface area contributed by atoms with Crippen LogP contribution in [0.1, 0.15) is 11.1 Å². The van der Waals surface area contributed by atoms with Crippen LogP contribution in [0.5, 0.6) is 0 Å². The van der Waals surface area contributed by atoms with Crippen molar-refractivity contribution in [2.45, 2.75) is 21.8 Å². The number of benzene rings is 2. The summed E-state index contributed by atoms with van der Waals surface area (Å²) in [5.41, 5.74) is -0.653. The summed E-state index contributed by atoms with van der Waals surface area (Å²) >= 11 is 0. The van der Waals surface area contributed by atoms with Crippen LogP contribution in [0.3, 0.4) is 0 Å². The van der Waals surface area contributed by atoms with Crippen molar-refractivity contribution in [1.82, 2.24) is 29.9 Å². The first-order valence-electron chi connectivity index (χ1n) is 12.2. The van der Waals surface area contributed by atoms with Gasteiger partial charge in [-0.2, -0.15) is 0 Å². The molecule has 21 heteroatoms. The molecular weight excluding hydrogens is 698 g/mol. The molecule has 4 N–H and O–H groups in total. The van der Waals surface area contributed by atoms with E-state index in [2.05, 4.69) is 29.9 Å². The standard InChI is InChI=1S/2C13H6F5N3OS.H2O/c2*14-8-5(9(15)11(17)12(18)10(8)16)4-23(22)13-20-6-1-2-19-3-7(6)21-13;/h2*1-3H,4H2,(H,20,21);1H2. The molecule has 0 aliphatic heterocycles. The lowest BCUT2D eigenvalue weighted by molar-refractivity contribution is 0.372. The summed E-state index contributed by atoms with van der Waals surface area (Å²) in [5, 5.41) is -0.311. The minimum atomic E-state index is -2.26. The summed E-state index contributed by atoms with van der Waals surface area (Å²) < 4.78 is 157. The van der Waals surface area contributed by atoms with E-state index in [0.29, 0.717) is 22.1 Å². The minimum Gasteiger partial charge on any atom is -0.412 e. The predicted octanol–water partition coefficient (Wildman–Crippen LogP) is 5.10. The van der Waals surface area contributed by atoms with Gasteiger partial charge >= 0.3 is 0 Å². The summed E-state index contributed by atoms with van der Waals surface area (Å²) in [6.45, 7) is 0. The quantitative estimate of drug-likeness (QED) is 0.140. The number of hydrogen-bond donors (Lipinski definition) is 2. The van der Waals surface area contributed by atoms with Gasteiger partial charge < -0.3 is 15.4 Å². The number of pyridine rings is 2. The highest BCUT2D eigenvalue weighted by Gasteiger charge is 2.29. The summed E-state index contributed by atoms with van der Waals surface area (Å²) in [4.78, 5) is 20.7. The smallest absolute Gasteiger partial charge is 0.200 e. The molecule has 0 saturated heterocycles. The lowest BCUT2D eigenvalue weighted by atomic mass is 10.2. The molecule has 0 aliphatic carbocycles. The maximum absolute atomic E-state index is 13.6. The van der Waals surface area contributed by atoms with Gasteiger partial charge in [0.25, 0.3) is 0 Å². The van der Waals surface area contributed by atoms with Crippen molar-refractivity contribution in [1.29, 1.82) is 0 Å². The van der Waals surface area contributed by atoms with Crippen LogP contribution in [0.4, 0.5) is 43.9 Å². The molecule has 4 heterocycles. The molecule has 2 aromatic carbocycles. The Morgan fingerprint density at radius 3 is 1.11 bits per heavy atom. The molecular formula is C26H14F10N6O3S2. The van der Waals surface area contributed by atoms with Crippen molar-refractivity contribution in [2.24, 2.45) is 0 Å². The van der Waals surface area contributed by atoms with Crippen LogP contribution < -0.4 is 0 Å². The highest BCUT2D eigenvalue weighted by molar-refractivity contribution is 7.84. The minimum absolute atomic E-state index is 0. The normalized spacial score (nSPS) is 12.5. The summed E-state index contributed by atoms with van der Waals surface area (Å²) in [5.74, 6) is -22.7. The van der Waals surface area contributed by atoms with Crippen LogP contribution in [-0.2, 0) is 33.1 Å². The van der Waals surface area contributed by atoms with Gasteiger partial charge in [-0.1, -0.05) is 0 Å². The third-order valence-corrected chi connectivity index (χ3v) is 8.46. The molecule has 0 spiro atoms. The van der Waals surface area contributed by atoms with E-state index in [1.165, 1.54) is 36.9 Å². The van der Waals surface area contributed by atoms with E-state index in [1.54, 1.807) is 0 Å².